The van der Waals surface area contributed by atoms with Crippen LogP contribution in [0.2, 0.25) is 0 Å². The fraction of sp³-hybridized carbons (Fsp3) is 0.750. The standard InChI is InChI=1S/C12H18N4O3/c1-7-3-4-9(19-7)8-5-6-13-12-14-10(11(17)18-2)15-16(8)12/h7-9H,3-6H2,1-2H3,(H,13,14,15). The van der Waals surface area contributed by atoms with Gasteiger partial charge in [-0.25, -0.2) is 9.48 Å². The average Bonchev–Trinajstić information content (AvgIpc) is 3.03. The first-order valence-corrected chi connectivity index (χ1v) is 6.63. The number of ether oxygens (including phenoxy) is 2. The van der Waals surface area contributed by atoms with Crippen LogP contribution < -0.4 is 5.32 Å². The van der Waals surface area contributed by atoms with E-state index in [9.17, 15) is 4.79 Å². The van der Waals surface area contributed by atoms with Crippen LogP contribution in [0.5, 0.6) is 0 Å². The van der Waals surface area contributed by atoms with Crippen molar-refractivity contribution >= 4 is 11.9 Å². The highest BCUT2D eigenvalue weighted by Gasteiger charge is 2.35. The summed E-state index contributed by atoms with van der Waals surface area (Å²) in [6, 6.07) is 0.145. The molecule has 2 aliphatic heterocycles. The topological polar surface area (TPSA) is 78.3 Å². The molecule has 3 rings (SSSR count). The number of esters is 1. The molecule has 1 N–H and O–H groups in total. The van der Waals surface area contributed by atoms with Crippen molar-refractivity contribution in [1.29, 1.82) is 0 Å². The third-order valence-electron chi connectivity index (χ3n) is 3.73. The zero-order chi connectivity index (χ0) is 13.4. The van der Waals surface area contributed by atoms with E-state index in [0.717, 1.165) is 25.8 Å². The molecule has 2 aliphatic rings. The second-order valence-corrected chi connectivity index (χ2v) is 5.04. The molecule has 0 aliphatic carbocycles. The summed E-state index contributed by atoms with van der Waals surface area (Å²) in [4.78, 5) is 15.7. The van der Waals surface area contributed by atoms with Crippen LogP contribution in [0.3, 0.4) is 0 Å². The predicted octanol–water partition coefficient (Wildman–Crippen LogP) is 0.989. The van der Waals surface area contributed by atoms with Gasteiger partial charge in [-0.1, -0.05) is 0 Å². The molecule has 1 fully saturated rings. The Morgan fingerprint density at radius 3 is 3.00 bits per heavy atom. The van der Waals surface area contributed by atoms with Crippen molar-refractivity contribution in [3.63, 3.8) is 0 Å². The highest BCUT2D eigenvalue weighted by atomic mass is 16.5. The zero-order valence-corrected chi connectivity index (χ0v) is 11.1. The molecule has 0 aromatic carbocycles. The van der Waals surface area contributed by atoms with Gasteiger partial charge in [-0.3, -0.25) is 0 Å². The van der Waals surface area contributed by atoms with Gasteiger partial charge >= 0.3 is 5.97 Å². The molecular formula is C12H18N4O3. The number of aromatic nitrogens is 3. The number of nitrogens with zero attached hydrogens (tertiary/aromatic N) is 3. The van der Waals surface area contributed by atoms with Crippen molar-refractivity contribution < 1.29 is 14.3 Å². The molecule has 0 spiro atoms. The summed E-state index contributed by atoms with van der Waals surface area (Å²) in [6.45, 7) is 2.90. The van der Waals surface area contributed by atoms with Crippen LogP contribution in [-0.2, 0) is 9.47 Å². The Bertz CT molecular complexity index is 487. The normalized spacial score (nSPS) is 29.7. The molecule has 19 heavy (non-hydrogen) atoms. The minimum Gasteiger partial charge on any atom is -0.463 e. The van der Waals surface area contributed by atoms with Crippen LogP contribution in [0.15, 0.2) is 0 Å². The van der Waals surface area contributed by atoms with Gasteiger partial charge in [-0.15, -0.1) is 5.10 Å². The molecule has 1 aromatic rings. The molecule has 3 unspecified atom stereocenters. The third kappa shape index (κ3) is 2.18. The maximum Gasteiger partial charge on any atom is 0.378 e. The molecular weight excluding hydrogens is 248 g/mol. The highest BCUT2D eigenvalue weighted by molar-refractivity contribution is 5.85. The molecule has 104 valence electrons. The number of carbonyl (C=O) groups is 1. The van der Waals surface area contributed by atoms with Gasteiger partial charge in [0, 0.05) is 6.54 Å². The first-order valence-electron chi connectivity index (χ1n) is 6.63. The summed E-state index contributed by atoms with van der Waals surface area (Å²) < 4.78 is 12.4. The minimum absolute atomic E-state index is 0.0999. The van der Waals surface area contributed by atoms with E-state index in [0.29, 0.717) is 12.1 Å². The second kappa shape index (κ2) is 4.80. The van der Waals surface area contributed by atoms with E-state index in [1.165, 1.54) is 7.11 Å². The lowest BCUT2D eigenvalue weighted by atomic mass is 10.0. The lowest BCUT2D eigenvalue weighted by Gasteiger charge is -2.28. The number of methoxy groups -OCH3 is 1. The van der Waals surface area contributed by atoms with Gasteiger partial charge in [-0.2, -0.15) is 4.98 Å². The van der Waals surface area contributed by atoms with E-state index in [-0.39, 0.29) is 18.0 Å². The van der Waals surface area contributed by atoms with Gasteiger partial charge in [0.2, 0.25) is 5.95 Å². The molecule has 1 saturated heterocycles. The third-order valence-corrected chi connectivity index (χ3v) is 3.73. The molecule has 0 saturated carbocycles. The Hall–Kier alpha value is -1.63. The largest absolute Gasteiger partial charge is 0.463 e. The van der Waals surface area contributed by atoms with Crippen LogP contribution in [0, 0.1) is 0 Å². The molecule has 3 atom stereocenters. The van der Waals surface area contributed by atoms with Crippen molar-refractivity contribution in [2.45, 2.75) is 44.4 Å². The maximum absolute atomic E-state index is 11.5. The van der Waals surface area contributed by atoms with Crippen molar-refractivity contribution in [3.8, 4) is 0 Å². The lowest BCUT2D eigenvalue weighted by Crippen LogP contribution is -2.32. The van der Waals surface area contributed by atoms with Gasteiger partial charge in [0.25, 0.3) is 5.82 Å². The average molecular weight is 266 g/mol. The number of carbonyl (C=O) groups excluding carboxylic acids is 1. The smallest absolute Gasteiger partial charge is 0.378 e. The van der Waals surface area contributed by atoms with Gasteiger partial charge in [0.1, 0.15) is 0 Å². The quantitative estimate of drug-likeness (QED) is 0.804. The SMILES string of the molecule is COC(=O)c1nc2n(n1)C(C1CCC(C)O1)CCN2. The van der Waals surface area contributed by atoms with Crippen molar-refractivity contribution in [2.24, 2.45) is 0 Å². The van der Waals surface area contributed by atoms with Gasteiger partial charge in [0.15, 0.2) is 0 Å². The van der Waals surface area contributed by atoms with Crippen molar-refractivity contribution in [1.82, 2.24) is 14.8 Å². The first kappa shape index (κ1) is 12.4. The molecule has 0 bridgehead atoms. The molecule has 3 heterocycles. The minimum atomic E-state index is -0.511. The Balaban J connectivity index is 1.87. The van der Waals surface area contributed by atoms with Gasteiger partial charge < -0.3 is 14.8 Å². The van der Waals surface area contributed by atoms with E-state index in [1.54, 1.807) is 4.68 Å². The van der Waals surface area contributed by atoms with Crippen LogP contribution in [0.1, 0.15) is 42.8 Å². The summed E-state index contributed by atoms with van der Waals surface area (Å²) in [5.41, 5.74) is 0. The van der Waals surface area contributed by atoms with Gasteiger partial charge in [-0.05, 0) is 26.2 Å². The van der Waals surface area contributed by atoms with E-state index in [1.807, 2.05) is 0 Å². The predicted molar refractivity (Wildman–Crippen MR) is 67.1 cm³/mol. The summed E-state index contributed by atoms with van der Waals surface area (Å²) in [5.74, 6) is 0.214. The lowest BCUT2D eigenvalue weighted by molar-refractivity contribution is 0.0170. The Morgan fingerprint density at radius 1 is 1.47 bits per heavy atom. The fourth-order valence-electron chi connectivity index (χ4n) is 2.77. The number of hydrogen-bond donors (Lipinski definition) is 1. The first-order chi connectivity index (χ1) is 9.19. The highest BCUT2D eigenvalue weighted by Crippen LogP contribution is 2.33. The number of fused-ring (bicyclic) bond motifs is 1. The van der Waals surface area contributed by atoms with E-state index < -0.39 is 5.97 Å². The fourth-order valence-corrected chi connectivity index (χ4v) is 2.77. The molecule has 7 nitrogen and oxygen atoms in total. The Kier molecular flexibility index (Phi) is 3.14. The number of rotatable bonds is 2. The van der Waals surface area contributed by atoms with E-state index in [2.05, 4.69) is 27.1 Å². The zero-order valence-electron chi connectivity index (χ0n) is 11.1. The molecule has 7 heteroatoms. The maximum atomic E-state index is 11.5. The van der Waals surface area contributed by atoms with Crippen LogP contribution in [0.4, 0.5) is 5.95 Å². The monoisotopic (exact) mass is 266 g/mol. The molecule has 0 amide bonds. The summed E-state index contributed by atoms with van der Waals surface area (Å²) in [7, 11) is 1.33. The molecule has 1 aromatic heterocycles. The van der Waals surface area contributed by atoms with E-state index >= 15 is 0 Å². The van der Waals surface area contributed by atoms with Crippen LogP contribution >= 0.6 is 0 Å². The summed E-state index contributed by atoms with van der Waals surface area (Å²) in [5, 5.41) is 7.41. The van der Waals surface area contributed by atoms with Gasteiger partial charge in [0.05, 0.1) is 25.4 Å². The Labute approximate surface area is 111 Å². The molecule has 0 radical (unpaired) electrons. The number of anilines is 1. The summed E-state index contributed by atoms with van der Waals surface area (Å²) >= 11 is 0. The second-order valence-electron chi connectivity index (χ2n) is 5.04. The van der Waals surface area contributed by atoms with E-state index in [4.69, 9.17) is 4.74 Å². The van der Waals surface area contributed by atoms with Crippen LogP contribution in [-0.4, -0.2) is 46.6 Å². The summed E-state index contributed by atoms with van der Waals surface area (Å²) in [6.07, 6.45) is 3.48. The number of hydrogen-bond acceptors (Lipinski definition) is 6. The number of nitrogens with one attached hydrogen (secondary N) is 1. The van der Waals surface area contributed by atoms with Crippen molar-refractivity contribution in [3.05, 3.63) is 5.82 Å². The van der Waals surface area contributed by atoms with Crippen molar-refractivity contribution in [2.75, 3.05) is 19.0 Å². The Morgan fingerprint density at radius 2 is 2.32 bits per heavy atom. The van der Waals surface area contributed by atoms with Crippen LogP contribution in [0.25, 0.3) is 0 Å².